The number of nitrogens with one attached hydrogen (secondary N) is 1. The lowest BCUT2D eigenvalue weighted by atomic mass is 10.1. The lowest BCUT2D eigenvalue weighted by molar-refractivity contribution is 0.567. The molecule has 0 saturated carbocycles. The molecule has 0 aromatic carbocycles. The van der Waals surface area contributed by atoms with Crippen LogP contribution in [0, 0.1) is 11.6 Å². The summed E-state index contributed by atoms with van der Waals surface area (Å²) in [7, 11) is 0. The molecule has 1 unspecified atom stereocenters. The smallest absolute Gasteiger partial charge is 0.168 e. The van der Waals surface area contributed by atoms with Gasteiger partial charge in [-0.1, -0.05) is 32.6 Å². The first-order chi connectivity index (χ1) is 8.54. The Morgan fingerprint density at radius 3 is 2.67 bits per heavy atom. The van der Waals surface area contributed by atoms with Crippen LogP contribution in [0.3, 0.4) is 0 Å². The Morgan fingerprint density at radius 2 is 2.00 bits per heavy atom. The minimum Gasteiger partial charge on any atom is -0.381 e. The van der Waals surface area contributed by atoms with Gasteiger partial charge in [-0.3, -0.25) is 0 Å². The van der Waals surface area contributed by atoms with Crippen molar-refractivity contribution in [3.63, 3.8) is 0 Å². The maximum Gasteiger partial charge on any atom is 0.168 e. The minimum absolute atomic E-state index is 0.0249. The molecule has 1 aromatic rings. The maximum atomic E-state index is 13.4. The molecule has 3 nitrogen and oxygen atoms in total. The third-order valence-electron chi connectivity index (χ3n) is 2.83. The topological polar surface area (TPSA) is 50.9 Å². The average molecular weight is 257 g/mol. The Balaban J connectivity index is 2.48. The van der Waals surface area contributed by atoms with Crippen LogP contribution < -0.4 is 11.1 Å². The molecule has 18 heavy (non-hydrogen) atoms. The first kappa shape index (κ1) is 14.7. The van der Waals surface area contributed by atoms with Gasteiger partial charge in [-0.15, -0.1) is 0 Å². The molecule has 0 saturated heterocycles. The number of halogens is 2. The van der Waals surface area contributed by atoms with Crippen LogP contribution in [0.5, 0.6) is 0 Å². The molecule has 1 atom stereocenters. The van der Waals surface area contributed by atoms with E-state index in [9.17, 15) is 8.78 Å². The first-order valence-electron chi connectivity index (χ1n) is 6.42. The fourth-order valence-corrected chi connectivity index (χ4v) is 1.76. The third kappa shape index (κ3) is 4.47. The summed E-state index contributed by atoms with van der Waals surface area (Å²) in [6.45, 7) is 4.11. The van der Waals surface area contributed by atoms with E-state index in [2.05, 4.69) is 17.2 Å². The molecule has 3 N–H and O–H groups in total. The fraction of sp³-hybridized carbons (Fsp3) is 0.615. The lowest BCUT2D eigenvalue weighted by Crippen LogP contribution is -2.17. The summed E-state index contributed by atoms with van der Waals surface area (Å²) in [4.78, 5) is 3.67. The molecular weight excluding hydrogens is 236 g/mol. The van der Waals surface area contributed by atoms with Crippen molar-refractivity contribution < 1.29 is 8.78 Å². The van der Waals surface area contributed by atoms with Crippen molar-refractivity contribution >= 4 is 11.6 Å². The van der Waals surface area contributed by atoms with Crippen LogP contribution in [0.4, 0.5) is 20.4 Å². The molecule has 1 rings (SSSR count). The van der Waals surface area contributed by atoms with Crippen LogP contribution in [0.15, 0.2) is 6.07 Å². The summed E-state index contributed by atoms with van der Waals surface area (Å²) < 4.78 is 26.3. The van der Waals surface area contributed by atoms with Crippen LogP contribution >= 0.6 is 0 Å². The standard InChI is InChI=1S/C13H21F2N3/c1-3-4-5-6-7-9(2)17-13-11(15)8-10(14)12(16)18-13/h8-9H,3-7H2,1-2H3,(H3,16,17,18). The molecular formula is C13H21F2N3. The number of aromatic nitrogens is 1. The van der Waals surface area contributed by atoms with Crippen LogP contribution in [0.2, 0.25) is 0 Å². The predicted octanol–water partition coefficient (Wildman–Crippen LogP) is 3.71. The Morgan fingerprint density at radius 1 is 1.28 bits per heavy atom. The average Bonchev–Trinajstić information content (AvgIpc) is 2.32. The van der Waals surface area contributed by atoms with E-state index in [4.69, 9.17) is 5.73 Å². The molecule has 0 spiro atoms. The summed E-state index contributed by atoms with van der Waals surface area (Å²) in [5.41, 5.74) is 5.31. The van der Waals surface area contributed by atoms with Crippen molar-refractivity contribution in [2.75, 3.05) is 11.1 Å². The second-order valence-corrected chi connectivity index (χ2v) is 4.58. The first-order valence-corrected chi connectivity index (χ1v) is 6.42. The molecule has 0 aliphatic rings. The van der Waals surface area contributed by atoms with Gasteiger partial charge in [-0.05, 0) is 13.3 Å². The number of nitrogens with two attached hydrogens (primary N) is 1. The fourth-order valence-electron chi connectivity index (χ4n) is 1.76. The Bertz CT molecular complexity index is 383. The van der Waals surface area contributed by atoms with Gasteiger partial charge < -0.3 is 11.1 Å². The van der Waals surface area contributed by atoms with Crippen LogP contribution in [0.1, 0.15) is 46.0 Å². The Kier molecular flexibility index (Phi) is 5.82. The van der Waals surface area contributed by atoms with E-state index in [1.54, 1.807) is 0 Å². The van der Waals surface area contributed by atoms with Crippen molar-refractivity contribution in [2.45, 2.75) is 52.0 Å². The van der Waals surface area contributed by atoms with Gasteiger partial charge in [-0.2, -0.15) is 0 Å². The number of hydrogen-bond acceptors (Lipinski definition) is 3. The highest BCUT2D eigenvalue weighted by Crippen LogP contribution is 2.18. The third-order valence-corrected chi connectivity index (χ3v) is 2.83. The molecule has 1 aromatic heterocycles. The highest BCUT2D eigenvalue weighted by Gasteiger charge is 2.11. The summed E-state index contributed by atoms with van der Waals surface area (Å²) in [6, 6.07) is 0.850. The normalized spacial score (nSPS) is 12.4. The molecule has 0 aliphatic carbocycles. The van der Waals surface area contributed by atoms with E-state index in [1.165, 1.54) is 19.3 Å². The van der Waals surface area contributed by atoms with Crippen molar-refractivity contribution in [1.29, 1.82) is 0 Å². The second-order valence-electron chi connectivity index (χ2n) is 4.58. The van der Waals surface area contributed by atoms with Crippen LogP contribution in [-0.2, 0) is 0 Å². The van der Waals surface area contributed by atoms with Gasteiger partial charge in [-0.25, -0.2) is 13.8 Å². The zero-order valence-electron chi connectivity index (χ0n) is 11.0. The number of hydrogen-bond donors (Lipinski definition) is 2. The summed E-state index contributed by atoms with van der Waals surface area (Å²) in [5, 5.41) is 2.92. The van der Waals surface area contributed by atoms with Gasteiger partial charge >= 0.3 is 0 Å². The van der Waals surface area contributed by atoms with Gasteiger partial charge in [0.15, 0.2) is 23.3 Å². The molecule has 0 aliphatic heterocycles. The highest BCUT2D eigenvalue weighted by molar-refractivity contribution is 5.45. The number of nitrogen functional groups attached to an aromatic ring is 1. The summed E-state index contributed by atoms with van der Waals surface area (Å²) in [5.74, 6) is -1.79. The van der Waals surface area contributed by atoms with Gasteiger partial charge in [0.1, 0.15) is 0 Å². The van der Waals surface area contributed by atoms with E-state index in [1.807, 2.05) is 6.92 Å². The van der Waals surface area contributed by atoms with Gasteiger partial charge in [0.25, 0.3) is 0 Å². The van der Waals surface area contributed by atoms with E-state index in [-0.39, 0.29) is 17.7 Å². The SMILES string of the molecule is CCCCCCC(C)Nc1nc(N)c(F)cc1F. The molecule has 0 amide bonds. The molecule has 0 bridgehead atoms. The molecule has 5 heteroatoms. The highest BCUT2D eigenvalue weighted by atomic mass is 19.1. The number of unbranched alkanes of at least 4 members (excludes halogenated alkanes) is 3. The van der Waals surface area contributed by atoms with E-state index >= 15 is 0 Å². The van der Waals surface area contributed by atoms with Crippen molar-refractivity contribution in [3.05, 3.63) is 17.7 Å². The summed E-state index contributed by atoms with van der Waals surface area (Å²) in [6.07, 6.45) is 5.58. The van der Waals surface area contributed by atoms with Gasteiger partial charge in [0.05, 0.1) is 0 Å². The Hall–Kier alpha value is -1.39. The second kappa shape index (κ2) is 7.13. The number of pyridine rings is 1. The van der Waals surface area contributed by atoms with Gasteiger partial charge in [0.2, 0.25) is 0 Å². The maximum absolute atomic E-state index is 13.4. The molecule has 1 heterocycles. The van der Waals surface area contributed by atoms with E-state index in [0.29, 0.717) is 0 Å². The minimum atomic E-state index is -0.825. The van der Waals surface area contributed by atoms with Crippen LogP contribution in [0.25, 0.3) is 0 Å². The predicted molar refractivity (Wildman–Crippen MR) is 70.4 cm³/mol. The largest absolute Gasteiger partial charge is 0.381 e. The van der Waals surface area contributed by atoms with Crippen molar-refractivity contribution in [2.24, 2.45) is 0 Å². The van der Waals surface area contributed by atoms with E-state index < -0.39 is 11.6 Å². The molecule has 102 valence electrons. The number of anilines is 2. The van der Waals surface area contributed by atoms with Crippen molar-refractivity contribution in [3.8, 4) is 0 Å². The number of nitrogens with zero attached hydrogens (tertiary/aromatic N) is 1. The van der Waals surface area contributed by atoms with Crippen LogP contribution in [-0.4, -0.2) is 11.0 Å². The Labute approximate surface area is 107 Å². The van der Waals surface area contributed by atoms with Gasteiger partial charge in [0, 0.05) is 12.1 Å². The molecule has 0 radical (unpaired) electrons. The molecule has 0 fully saturated rings. The summed E-state index contributed by atoms with van der Waals surface area (Å²) >= 11 is 0. The number of rotatable bonds is 7. The quantitative estimate of drug-likeness (QED) is 0.732. The zero-order valence-corrected chi connectivity index (χ0v) is 11.0. The van der Waals surface area contributed by atoms with Crippen molar-refractivity contribution in [1.82, 2.24) is 4.98 Å². The van der Waals surface area contributed by atoms with E-state index in [0.717, 1.165) is 18.9 Å². The monoisotopic (exact) mass is 257 g/mol. The lowest BCUT2D eigenvalue weighted by Gasteiger charge is -2.15. The zero-order chi connectivity index (χ0) is 13.5.